The normalized spacial score (nSPS) is 12.9. The standard InChI is InChI=1S/C50H90O4/c1-3-5-7-9-11-13-15-17-19-21-23-24-25-26-27-29-31-33-35-37-39-41-43-45-50(52)54-49(47-51)48-53-46-44-42-40-38-36-34-32-30-28-22-20-18-16-14-12-10-8-6-4-2/h14-17,20-23,25-26,49,51H,3-13,18-19,24,27-48H2,1-2H3/b16-14-,17-15-,22-20-,23-21-,26-25-. The van der Waals surface area contributed by atoms with Crippen molar-refractivity contribution in [2.45, 2.75) is 232 Å². The summed E-state index contributed by atoms with van der Waals surface area (Å²) in [7, 11) is 0. The quantitative estimate of drug-likeness (QED) is 0.0383. The molecule has 0 amide bonds. The maximum atomic E-state index is 12.2. The van der Waals surface area contributed by atoms with Crippen LogP contribution >= 0.6 is 0 Å². The lowest BCUT2D eigenvalue weighted by Gasteiger charge is -2.16. The van der Waals surface area contributed by atoms with Crippen LogP contribution in [0.2, 0.25) is 0 Å². The van der Waals surface area contributed by atoms with Crippen LogP contribution in [0.3, 0.4) is 0 Å². The van der Waals surface area contributed by atoms with Crippen LogP contribution in [-0.4, -0.2) is 37.0 Å². The highest BCUT2D eigenvalue weighted by atomic mass is 16.6. The maximum absolute atomic E-state index is 12.2. The number of unbranched alkanes of at least 4 members (excludes halogenated alkanes) is 25. The van der Waals surface area contributed by atoms with E-state index in [1.54, 1.807) is 0 Å². The van der Waals surface area contributed by atoms with Crippen molar-refractivity contribution in [3.05, 3.63) is 60.8 Å². The zero-order chi connectivity index (χ0) is 39.1. The van der Waals surface area contributed by atoms with Gasteiger partial charge in [0, 0.05) is 13.0 Å². The third-order valence-corrected chi connectivity index (χ3v) is 10.1. The molecule has 0 aromatic heterocycles. The average Bonchev–Trinajstić information content (AvgIpc) is 3.18. The molecule has 0 aromatic carbocycles. The lowest BCUT2D eigenvalue weighted by molar-refractivity contribution is -0.154. The number of hydrogen-bond donors (Lipinski definition) is 1. The predicted octanol–water partition coefficient (Wildman–Crippen LogP) is 15.6. The number of carbonyl (C=O) groups is 1. The van der Waals surface area contributed by atoms with E-state index in [4.69, 9.17) is 9.47 Å². The smallest absolute Gasteiger partial charge is 0.306 e. The molecule has 0 heterocycles. The van der Waals surface area contributed by atoms with E-state index < -0.39 is 6.10 Å². The zero-order valence-electron chi connectivity index (χ0n) is 36.0. The highest BCUT2D eigenvalue weighted by molar-refractivity contribution is 5.69. The first-order valence-electron chi connectivity index (χ1n) is 23.4. The molecule has 1 atom stereocenters. The Balaban J connectivity index is 3.47. The molecule has 0 rings (SSSR count). The van der Waals surface area contributed by atoms with Gasteiger partial charge in [-0.25, -0.2) is 0 Å². The second-order valence-electron chi connectivity index (χ2n) is 15.5. The van der Waals surface area contributed by atoms with Crippen LogP contribution < -0.4 is 0 Å². The van der Waals surface area contributed by atoms with Gasteiger partial charge < -0.3 is 14.6 Å². The van der Waals surface area contributed by atoms with Gasteiger partial charge in [0.2, 0.25) is 0 Å². The average molecular weight is 755 g/mol. The maximum Gasteiger partial charge on any atom is 0.306 e. The Kier molecular flexibility index (Phi) is 45.6. The van der Waals surface area contributed by atoms with E-state index in [-0.39, 0.29) is 19.2 Å². The molecule has 0 aliphatic rings. The highest BCUT2D eigenvalue weighted by Gasteiger charge is 2.13. The summed E-state index contributed by atoms with van der Waals surface area (Å²) in [5, 5.41) is 9.63. The fraction of sp³-hybridized carbons (Fsp3) is 0.780. The van der Waals surface area contributed by atoms with Crippen LogP contribution in [0.4, 0.5) is 0 Å². The van der Waals surface area contributed by atoms with Crippen molar-refractivity contribution in [2.24, 2.45) is 0 Å². The third kappa shape index (κ3) is 44.5. The highest BCUT2D eigenvalue weighted by Crippen LogP contribution is 2.13. The van der Waals surface area contributed by atoms with Gasteiger partial charge in [-0.3, -0.25) is 4.79 Å². The molecule has 0 fully saturated rings. The van der Waals surface area contributed by atoms with Gasteiger partial charge in [0.25, 0.3) is 0 Å². The fourth-order valence-electron chi connectivity index (χ4n) is 6.54. The van der Waals surface area contributed by atoms with Crippen molar-refractivity contribution in [1.82, 2.24) is 0 Å². The van der Waals surface area contributed by atoms with Crippen molar-refractivity contribution in [3.63, 3.8) is 0 Å². The van der Waals surface area contributed by atoms with Crippen LogP contribution in [0.15, 0.2) is 60.8 Å². The van der Waals surface area contributed by atoms with Crippen molar-refractivity contribution in [2.75, 3.05) is 19.8 Å². The fourth-order valence-corrected chi connectivity index (χ4v) is 6.54. The Morgan fingerprint density at radius 3 is 1.19 bits per heavy atom. The number of allylic oxidation sites excluding steroid dienone is 10. The SMILES string of the molecule is CCCCCC/C=C\C/C=C\CCCCCCCCCCOCC(CO)OC(=O)CCCCCCCCCC/C=C\C/C=C\C/C=C\CCCCCCC. The lowest BCUT2D eigenvalue weighted by Crippen LogP contribution is -2.27. The molecule has 0 saturated carbocycles. The van der Waals surface area contributed by atoms with E-state index in [1.807, 2.05) is 0 Å². The van der Waals surface area contributed by atoms with Crippen LogP contribution in [0.25, 0.3) is 0 Å². The van der Waals surface area contributed by atoms with Gasteiger partial charge in [-0.2, -0.15) is 0 Å². The summed E-state index contributed by atoms with van der Waals surface area (Å²) in [5.41, 5.74) is 0. The first-order chi connectivity index (χ1) is 26.7. The summed E-state index contributed by atoms with van der Waals surface area (Å²) in [6.07, 6.45) is 62.9. The Bertz CT molecular complexity index is 885. The third-order valence-electron chi connectivity index (χ3n) is 10.1. The molecule has 1 N–H and O–H groups in total. The van der Waals surface area contributed by atoms with Crippen LogP contribution in [0.5, 0.6) is 0 Å². The minimum Gasteiger partial charge on any atom is -0.457 e. The molecule has 4 heteroatoms. The van der Waals surface area contributed by atoms with Crippen LogP contribution in [0, 0.1) is 0 Å². The van der Waals surface area contributed by atoms with Crippen molar-refractivity contribution < 1.29 is 19.4 Å². The number of hydrogen-bond acceptors (Lipinski definition) is 4. The minimum absolute atomic E-state index is 0.179. The molecule has 0 radical (unpaired) electrons. The number of carbonyl (C=O) groups excluding carboxylic acids is 1. The monoisotopic (exact) mass is 755 g/mol. The molecule has 0 aromatic rings. The first kappa shape index (κ1) is 52.1. The van der Waals surface area contributed by atoms with Gasteiger partial charge in [-0.1, -0.05) is 197 Å². The summed E-state index contributed by atoms with van der Waals surface area (Å²) in [6, 6.07) is 0. The molecule has 4 nitrogen and oxygen atoms in total. The van der Waals surface area contributed by atoms with Crippen molar-refractivity contribution in [1.29, 1.82) is 0 Å². The van der Waals surface area contributed by atoms with Gasteiger partial charge >= 0.3 is 5.97 Å². The Morgan fingerprint density at radius 1 is 0.444 bits per heavy atom. The summed E-state index contributed by atoms with van der Waals surface area (Å²) < 4.78 is 11.2. The molecule has 54 heavy (non-hydrogen) atoms. The Labute approximate surface area is 336 Å². The molecule has 0 aliphatic heterocycles. The van der Waals surface area contributed by atoms with Gasteiger partial charge in [-0.15, -0.1) is 0 Å². The van der Waals surface area contributed by atoms with Crippen molar-refractivity contribution >= 4 is 5.97 Å². The van der Waals surface area contributed by atoms with Gasteiger partial charge in [-0.05, 0) is 83.5 Å². The van der Waals surface area contributed by atoms with Crippen LogP contribution in [0.1, 0.15) is 226 Å². The van der Waals surface area contributed by atoms with E-state index in [1.165, 1.54) is 167 Å². The number of ether oxygens (including phenoxy) is 2. The number of aliphatic hydroxyl groups is 1. The van der Waals surface area contributed by atoms with E-state index in [0.29, 0.717) is 13.0 Å². The molecular weight excluding hydrogens is 665 g/mol. The largest absolute Gasteiger partial charge is 0.457 e. The first-order valence-corrected chi connectivity index (χ1v) is 23.4. The molecule has 0 saturated heterocycles. The van der Waals surface area contributed by atoms with Gasteiger partial charge in [0.1, 0.15) is 6.10 Å². The molecule has 0 aliphatic carbocycles. The second kappa shape index (κ2) is 47.2. The van der Waals surface area contributed by atoms with E-state index in [2.05, 4.69) is 74.6 Å². The summed E-state index contributed by atoms with van der Waals surface area (Å²) in [5.74, 6) is -0.210. The van der Waals surface area contributed by atoms with Gasteiger partial charge in [0.05, 0.1) is 13.2 Å². The lowest BCUT2D eigenvalue weighted by atomic mass is 10.1. The molecule has 1 unspecified atom stereocenters. The molecule has 0 bridgehead atoms. The zero-order valence-corrected chi connectivity index (χ0v) is 36.0. The van der Waals surface area contributed by atoms with E-state index >= 15 is 0 Å². The van der Waals surface area contributed by atoms with E-state index in [9.17, 15) is 9.90 Å². The van der Waals surface area contributed by atoms with Crippen LogP contribution in [-0.2, 0) is 14.3 Å². The van der Waals surface area contributed by atoms with E-state index in [0.717, 1.165) is 38.5 Å². The van der Waals surface area contributed by atoms with Crippen molar-refractivity contribution in [3.8, 4) is 0 Å². The minimum atomic E-state index is -0.544. The summed E-state index contributed by atoms with van der Waals surface area (Å²) in [4.78, 5) is 12.2. The number of aliphatic hydroxyl groups excluding tert-OH is 1. The Hall–Kier alpha value is -1.91. The van der Waals surface area contributed by atoms with Gasteiger partial charge in [0.15, 0.2) is 0 Å². The summed E-state index contributed by atoms with van der Waals surface area (Å²) >= 11 is 0. The molecule has 314 valence electrons. The molecular formula is C50H90O4. The second-order valence-corrected chi connectivity index (χ2v) is 15.5. The molecule has 0 spiro atoms. The number of esters is 1. The number of rotatable bonds is 43. The topological polar surface area (TPSA) is 55.8 Å². The Morgan fingerprint density at radius 2 is 0.778 bits per heavy atom. The summed E-state index contributed by atoms with van der Waals surface area (Å²) in [6.45, 7) is 5.31. The predicted molar refractivity (Wildman–Crippen MR) is 237 cm³/mol.